The van der Waals surface area contributed by atoms with Crippen molar-refractivity contribution in [1.82, 2.24) is 0 Å². The third kappa shape index (κ3) is 3.21. The number of ether oxygens (including phenoxy) is 3. The normalized spacial score (nSPS) is 38.0. The summed E-state index contributed by atoms with van der Waals surface area (Å²) in [6, 6.07) is 0. The molecule has 1 heterocycles. The van der Waals surface area contributed by atoms with Gasteiger partial charge >= 0.3 is 5.97 Å². The lowest BCUT2D eigenvalue weighted by atomic mass is 10.0. The first-order chi connectivity index (χ1) is 7.10. The van der Waals surface area contributed by atoms with Crippen LogP contribution in [0.3, 0.4) is 0 Å². The van der Waals surface area contributed by atoms with Gasteiger partial charge in [-0.2, -0.15) is 0 Å². The molecule has 0 radical (unpaired) electrons. The highest BCUT2D eigenvalue weighted by Crippen LogP contribution is 2.23. The summed E-state index contributed by atoms with van der Waals surface area (Å²) in [5.74, 6) is -0.459. The molecule has 0 unspecified atom stereocenters. The minimum absolute atomic E-state index is 0.111. The molecule has 88 valence electrons. The van der Waals surface area contributed by atoms with Crippen molar-refractivity contribution in [3.8, 4) is 0 Å². The van der Waals surface area contributed by atoms with Gasteiger partial charge < -0.3 is 14.2 Å². The molecular formula is C9H14Cl2O4. The van der Waals surface area contributed by atoms with E-state index in [1.54, 1.807) is 7.11 Å². The van der Waals surface area contributed by atoms with E-state index in [1.165, 1.54) is 7.11 Å². The van der Waals surface area contributed by atoms with Crippen molar-refractivity contribution >= 4 is 29.2 Å². The molecule has 0 amide bonds. The first-order valence-electron chi connectivity index (χ1n) is 4.60. The molecule has 0 saturated carbocycles. The maximum absolute atomic E-state index is 11.3. The van der Waals surface area contributed by atoms with Gasteiger partial charge in [0.15, 0.2) is 0 Å². The lowest BCUT2D eigenvalue weighted by Crippen LogP contribution is -2.45. The Hall–Kier alpha value is -0.0300. The van der Waals surface area contributed by atoms with E-state index in [-0.39, 0.29) is 24.2 Å². The zero-order chi connectivity index (χ0) is 11.4. The predicted molar refractivity (Wildman–Crippen MR) is 56.5 cm³/mol. The van der Waals surface area contributed by atoms with E-state index in [0.717, 1.165) is 0 Å². The van der Waals surface area contributed by atoms with Crippen molar-refractivity contribution in [2.75, 3.05) is 20.8 Å². The quantitative estimate of drug-likeness (QED) is 0.550. The van der Waals surface area contributed by atoms with Gasteiger partial charge in [0.2, 0.25) is 0 Å². The van der Waals surface area contributed by atoms with Crippen molar-refractivity contribution in [3.63, 3.8) is 0 Å². The van der Waals surface area contributed by atoms with Crippen LogP contribution in [0.5, 0.6) is 0 Å². The fourth-order valence-corrected chi connectivity index (χ4v) is 2.30. The third-order valence-corrected chi connectivity index (χ3v) is 3.16. The monoisotopic (exact) mass is 256 g/mol. The number of rotatable bonds is 2. The molecule has 0 aromatic rings. The molecular weight excluding hydrogens is 243 g/mol. The average Bonchev–Trinajstić information content (AvgIpc) is 2.21. The Morgan fingerprint density at radius 2 is 2.00 bits per heavy atom. The van der Waals surface area contributed by atoms with Crippen LogP contribution in [0, 0.1) is 0 Å². The highest BCUT2D eigenvalue weighted by molar-refractivity contribution is 6.31. The minimum atomic E-state index is -0.719. The molecule has 4 nitrogen and oxygen atoms in total. The molecule has 0 aliphatic carbocycles. The topological polar surface area (TPSA) is 44.8 Å². The number of halogens is 2. The number of alkyl halides is 2. The SMILES string of the molecule is CO[C@H]1[C@@H](Cl)C[C@H](Cl)C(=O)OC[C@H]1OC. The molecule has 15 heavy (non-hydrogen) atoms. The van der Waals surface area contributed by atoms with Crippen molar-refractivity contribution < 1.29 is 19.0 Å². The van der Waals surface area contributed by atoms with Crippen LogP contribution < -0.4 is 0 Å². The first-order valence-corrected chi connectivity index (χ1v) is 5.47. The van der Waals surface area contributed by atoms with E-state index in [4.69, 9.17) is 37.4 Å². The predicted octanol–water partition coefficient (Wildman–Crippen LogP) is 1.18. The molecule has 1 saturated heterocycles. The van der Waals surface area contributed by atoms with E-state index >= 15 is 0 Å². The van der Waals surface area contributed by atoms with E-state index < -0.39 is 11.3 Å². The number of carbonyl (C=O) groups excluding carboxylic acids is 1. The Labute approximate surface area is 98.8 Å². The highest BCUT2D eigenvalue weighted by Gasteiger charge is 2.36. The molecule has 0 bridgehead atoms. The zero-order valence-electron chi connectivity index (χ0n) is 8.61. The second-order valence-corrected chi connectivity index (χ2v) is 4.41. The van der Waals surface area contributed by atoms with Gasteiger partial charge in [-0.25, -0.2) is 0 Å². The summed E-state index contributed by atoms with van der Waals surface area (Å²) in [4.78, 5) is 11.3. The minimum Gasteiger partial charge on any atom is -0.462 e. The third-order valence-electron chi connectivity index (χ3n) is 2.38. The summed E-state index contributed by atoms with van der Waals surface area (Å²) in [6.07, 6.45) is -0.378. The zero-order valence-corrected chi connectivity index (χ0v) is 10.1. The molecule has 6 heteroatoms. The van der Waals surface area contributed by atoms with Crippen LogP contribution in [0.2, 0.25) is 0 Å². The lowest BCUT2D eigenvalue weighted by Gasteiger charge is -2.31. The highest BCUT2D eigenvalue weighted by atomic mass is 35.5. The van der Waals surface area contributed by atoms with Gasteiger partial charge in [0.1, 0.15) is 24.2 Å². The standard InChI is InChI=1S/C9H14Cl2O4/c1-13-7-4-15-9(12)6(11)3-5(10)8(7)14-2/h5-8H,3-4H2,1-2H3/t5-,6-,7+,8-/m0/s1. The van der Waals surface area contributed by atoms with E-state index in [2.05, 4.69) is 0 Å². The Kier molecular flexibility index (Phi) is 5.12. The largest absolute Gasteiger partial charge is 0.462 e. The van der Waals surface area contributed by atoms with Crippen LogP contribution in [-0.4, -0.2) is 49.8 Å². The van der Waals surface area contributed by atoms with Gasteiger partial charge in [-0.05, 0) is 6.42 Å². The van der Waals surface area contributed by atoms with Gasteiger partial charge in [-0.1, -0.05) is 0 Å². The van der Waals surface area contributed by atoms with Gasteiger partial charge in [0, 0.05) is 14.2 Å². The maximum Gasteiger partial charge on any atom is 0.324 e. The van der Waals surface area contributed by atoms with E-state index in [0.29, 0.717) is 6.42 Å². The summed E-state index contributed by atoms with van der Waals surface area (Å²) in [6.45, 7) is 0.111. The van der Waals surface area contributed by atoms with Gasteiger partial charge in [0.05, 0.1) is 5.38 Å². The maximum atomic E-state index is 11.3. The summed E-state index contributed by atoms with van der Waals surface area (Å²) in [7, 11) is 3.06. The van der Waals surface area contributed by atoms with Crippen LogP contribution >= 0.6 is 23.2 Å². The number of methoxy groups -OCH3 is 2. The Bertz CT molecular complexity index is 224. The van der Waals surface area contributed by atoms with Gasteiger partial charge in [0.25, 0.3) is 0 Å². The second-order valence-electron chi connectivity index (χ2n) is 3.32. The van der Waals surface area contributed by atoms with Crippen LogP contribution in [0.1, 0.15) is 6.42 Å². The molecule has 1 rings (SSSR count). The van der Waals surface area contributed by atoms with Gasteiger partial charge in [-0.3, -0.25) is 4.79 Å². The summed E-state index contributed by atoms with van der Waals surface area (Å²) in [5, 5.41) is -1.08. The fraction of sp³-hybridized carbons (Fsp3) is 0.889. The van der Waals surface area contributed by atoms with Gasteiger partial charge in [-0.15, -0.1) is 23.2 Å². The number of carbonyl (C=O) groups is 1. The van der Waals surface area contributed by atoms with E-state index in [9.17, 15) is 4.79 Å². The van der Waals surface area contributed by atoms with Crippen molar-refractivity contribution in [1.29, 1.82) is 0 Å². The van der Waals surface area contributed by atoms with Crippen molar-refractivity contribution in [2.45, 2.75) is 29.4 Å². The number of cyclic esters (lactones) is 1. The Morgan fingerprint density at radius 1 is 1.33 bits per heavy atom. The smallest absolute Gasteiger partial charge is 0.324 e. The molecule has 0 aromatic heterocycles. The molecule has 1 aliphatic rings. The molecule has 0 spiro atoms. The molecule has 1 fully saturated rings. The average molecular weight is 257 g/mol. The number of hydrogen-bond acceptors (Lipinski definition) is 4. The number of esters is 1. The summed E-state index contributed by atoms with van der Waals surface area (Å²) < 4.78 is 15.3. The second kappa shape index (κ2) is 5.89. The summed E-state index contributed by atoms with van der Waals surface area (Å²) >= 11 is 11.9. The Morgan fingerprint density at radius 3 is 2.53 bits per heavy atom. The fourth-order valence-electron chi connectivity index (χ4n) is 1.51. The van der Waals surface area contributed by atoms with Crippen LogP contribution in [-0.2, 0) is 19.0 Å². The van der Waals surface area contributed by atoms with Crippen molar-refractivity contribution in [2.24, 2.45) is 0 Å². The van der Waals surface area contributed by atoms with Crippen LogP contribution in [0.25, 0.3) is 0 Å². The molecule has 0 N–H and O–H groups in total. The molecule has 1 aliphatic heterocycles. The molecule has 4 atom stereocenters. The number of hydrogen-bond donors (Lipinski definition) is 0. The Balaban J connectivity index is 2.73. The van der Waals surface area contributed by atoms with Crippen molar-refractivity contribution in [3.05, 3.63) is 0 Å². The summed E-state index contributed by atoms with van der Waals surface area (Å²) in [5.41, 5.74) is 0. The lowest BCUT2D eigenvalue weighted by molar-refractivity contribution is -0.153. The molecule has 0 aromatic carbocycles. The van der Waals surface area contributed by atoms with E-state index in [1.807, 2.05) is 0 Å². The van der Waals surface area contributed by atoms with Crippen LogP contribution in [0.4, 0.5) is 0 Å². The van der Waals surface area contributed by atoms with Crippen LogP contribution in [0.15, 0.2) is 0 Å². The first kappa shape index (κ1) is 13.0.